The van der Waals surface area contributed by atoms with E-state index in [0.29, 0.717) is 0 Å². The summed E-state index contributed by atoms with van der Waals surface area (Å²) in [6.07, 6.45) is 5.07. The Morgan fingerprint density at radius 3 is 2.94 bits per heavy atom. The Morgan fingerprint density at radius 1 is 1.39 bits per heavy atom. The number of nitrogens with zero attached hydrogens (tertiary/aromatic N) is 2. The number of fused-ring (bicyclic) bond motifs is 1. The lowest BCUT2D eigenvalue weighted by Gasteiger charge is -2.29. The van der Waals surface area contributed by atoms with E-state index >= 15 is 0 Å². The lowest BCUT2D eigenvalue weighted by molar-refractivity contribution is 0.290. The third-order valence-electron chi connectivity index (χ3n) is 3.57. The number of nitrogens with two attached hydrogens (primary N) is 1. The molecule has 0 saturated heterocycles. The Hall–Kier alpha value is -1.89. The van der Waals surface area contributed by atoms with E-state index in [1.807, 2.05) is 0 Å². The normalized spacial score (nSPS) is 24.5. The number of aromatic nitrogens is 3. The zero-order chi connectivity index (χ0) is 12.7. The fraction of sp³-hybridized carbons (Fsp3) is 0.545. The molecular formula is C11H14N4O3. The SMILES string of the molecule is NC1CCCCC1n1c(=O)[nH]c(=O)c2cnoc21. The van der Waals surface area contributed by atoms with Crippen molar-refractivity contribution in [3.05, 3.63) is 27.0 Å². The summed E-state index contributed by atoms with van der Waals surface area (Å²) in [5.74, 6) is 0. The second-order valence-electron chi connectivity index (χ2n) is 4.69. The highest BCUT2D eigenvalue weighted by molar-refractivity contribution is 5.70. The van der Waals surface area contributed by atoms with Crippen LogP contribution in [0.15, 0.2) is 20.3 Å². The second kappa shape index (κ2) is 4.09. The molecule has 2 atom stereocenters. The molecule has 2 unspecified atom stereocenters. The number of H-pyrrole nitrogens is 1. The molecule has 18 heavy (non-hydrogen) atoms. The average molecular weight is 250 g/mol. The highest BCUT2D eigenvalue weighted by Crippen LogP contribution is 2.27. The molecule has 0 radical (unpaired) electrons. The molecular weight excluding hydrogens is 236 g/mol. The van der Waals surface area contributed by atoms with Gasteiger partial charge >= 0.3 is 5.69 Å². The molecule has 3 N–H and O–H groups in total. The number of hydrogen-bond acceptors (Lipinski definition) is 5. The molecule has 7 heteroatoms. The Kier molecular flexibility index (Phi) is 2.55. The van der Waals surface area contributed by atoms with Gasteiger partial charge in [0.1, 0.15) is 5.39 Å². The number of rotatable bonds is 1. The fourth-order valence-electron chi connectivity index (χ4n) is 2.64. The molecule has 1 aliphatic carbocycles. The van der Waals surface area contributed by atoms with Crippen LogP contribution >= 0.6 is 0 Å². The first kappa shape index (κ1) is 11.2. The predicted octanol–water partition coefficient (Wildman–Crippen LogP) is 0.120. The van der Waals surface area contributed by atoms with Gasteiger partial charge in [0.2, 0.25) is 5.71 Å². The first-order valence-corrected chi connectivity index (χ1v) is 6.03. The summed E-state index contributed by atoms with van der Waals surface area (Å²) in [6.45, 7) is 0. The van der Waals surface area contributed by atoms with Crippen LogP contribution in [0.5, 0.6) is 0 Å². The van der Waals surface area contributed by atoms with E-state index in [2.05, 4.69) is 10.1 Å². The molecule has 0 aromatic carbocycles. The maximum absolute atomic E-state index is 12.0. The van der Waals surface area contributed by atoms with E-state index in [1.165, 1.54) is 10.8 Å². The Balaban J connectivity index is 2.25. The Labute approximate surface area is 102 Å². The van der Waals surface area contributed by atoms with Gasteiger partial charge in [0.15, 0.2) is 0 Å². The molecule has 1 saturated carbocycles. The predicted molar refractivity (Wildman–Crippen MR) is 64.4 cm³/mol. The van der Waals surface area contributed by atoms with Crippen LogP contribution in [0.4, 0.5) is 0 Å². The Bertz CT molecular complexity index is 683. The third-order valence-corrected chi connectivity index (χ3v) is 3.57. The zero-order valence-electron chi connectivity index (χ0n) is 9.76. The van der Waals surface area contributed by atoms with Gasteiger partial charge in [-0.1, -0.05) is 18.0 Å². The van der Waals surface area contributed by atoms with Crippen molar-refractivity contribution in [2.75, 3.05) is 0 Å². The summed E-state index contributed by atoms with van der Waals surface area (Å²) < 4.78 is 6.49. The van der Waals surface area contributed by atoms with Crippen molar-refractivity contribution in [2.24, 2.45) is 5.73 Å². The van der Waals surface area contributed by atoms with Gasteiger partial charge in [-0.2, -0.15) is 0 Å². The van der Waals surface area contributed by atoms with Crippen LogP contribution in [0.1, 0.15) is 31.7 Å². The lowest BCUT2D eigenvalue weighted by Crippen LogP contribution is -2.42. The van der Waals surface area contributed by atoms with E-state index in [1.54, 1.807) is 0 Å². The maximum Gasteiger partial charge on any atom is 0.331 e. The number of aromatic amines is 1. The fourth-order valence-corrected chi connectivity index (χ4v) is 2.64. The van der Waals surface area contributed by atoms with Gasteiger partial charge in [-0.15, -0.1) is 0 Å². The summed E-state index contributed by atoms with van der Waals surface area (Å²) >= 11 is 0. The van der Waals surface area contributed by atoms with E-state index in [-0.39, 0.29) is 23.2 Å². The largest absolute Gasteiger partial charge is 0.337 e. The van der Waals surface area contributed by atoms with Crippen molar-refractivity contribution in [2.45, 2.75) is 37.8 Å². The van der Waals surface area contributed by atoms with Crippen molar-refractivity contribution in [3.8, 4) is 0 Å². The lowest BCUT2D eigenvalue weighted by atomic mass is 9.91. The van der Waals surface area contributed by atoms with E-state index in [4.69, 9.17) is 10.3 Å². The standard InChI is InChI=1S/C11H14N4O3/c12-7-3-1-2-4-8(7)15-10-6(5-13-18-10)9(16)14-11(15)17/h5,7-8H,1-4,12H2,(H,14,16,17). The van der Waals surface area contributed by atoms with E-state index < -0.39 is 11.2 Å². The highest BCUT2D eigenvalue weighted by atomic mass is 16.5. The van der Waals surface area contributed by atoms with Crippen LogP contribution in [0, 0.1) is 0 Å². The van der Waals surface area contributed by atoms with Crippen LogP contribution in [0.3, 0.4) is 0 Å². The number of hydrogen-bond donors (Lipinski definition) is 2. The molecule has 2 aromatic rings. The van der Waals surface area contributed by atoms with Gasteiger partial charge in [-0.05, 0) is 12.8 Å². The molecule has 0 aliphatic heterocycles. The van der Waals surface area contributed by atoms with Crippen molar-refractivity contribution >= 4 is 11.1 Å². The molecule has 3 rings (SSSR count). The molecule has 0 spiro atoms. The quantitative estimate of drug-likeness (QED) is 0.747. The van der Waals surface area contributed by atoms with Crippen LogP contribution in [0.25, 0.3) is 11.1 Å². The van der Waals surface area contributed by atoms with Crippen LogP contribution in [-0.4, -0.2) is 20.7 Å². The van der Waals surface area contributed by atoms with Gasteiger partial charge in [-0.3, -0.25) is 14.3 Å². The monoisotopic (exact) mass is 250 g/mol. The molecule has 96 valence electrons. The zero-order valence-corrected chi connectivity index (χ0v) is 9.76. The Morgan fingerprint density at radius 2 is 2.17 bits per heavy atom. The van der Waals surface area contributed by atoms with Gasteiger partial charge in [0.05, 0.1) is 12.2 Å². The number of nitrogens with one attached hydrogen (secondary N) is 1. The van der Waals surface area contributed by atoms with Gasteiger partial charge in [0, 0.05) is 6.04 Å². The van der Waals surface area contributed by atoms with Gasteiger partial charge in [-0.25, -0.2) is 4.79 Å². The summed E-state index contributed by atoms with van der Waals surface area (Å²) in [7, 11) is 0. The highest BCUT2D eigenvalue weighted by Gasteiger charge is 2.27. The molecule has 1 fully saturated rings. The van der Waals surface area contributed by atoms with Crippen LogP contribution in [-0.2, 0) is 0 Å². The smallest absolute Gasteiger partial charge is 0.331 e. The summed E-state index contributed by atoms with van der Waals surface area (Å²) in [5, 5.41) is 3.87. The van der Waals surface area contributed by atoms with Crippen LogP contribution < -0.4 is 17.0 Å². The van der Waals surface area contributed by atoms with Crippen molar-refractivity contribution in [3.63, 3.8) is 0 Å². The molecule has 2 heterocycles. The topological polar surface area (TPSA) is 107 Å². The molecule has 0 bridgehead atoms. The van der Waals surface area contributed by atoms with Crippen LogP contribution in [0.2, 0.25) is 0 Å². The minimum absolute atomic E-state index is 0.101. The first-order chi connectivity index (χ1) is 8.68. The van der Waals surface area contributed by atoms with Crippen molar-refractivity contribution in [1.29, 1.82) is 0 Å². The molecule has 0 amide bonds. The summed E-state index contributed by atoms with van der Waals surface area (Å²) in [4.78, 5) is 25.8. The van der Waals surface area contributed by atoms with E-state index in [9.17, 15) is 9.59 Å². The third kappa shape index (κ3) is 1.59. The first-order valence-electron chi connectivity index (χ1n) is 6.03. The average Bonchev–Trinajstić information content (AvgIpc) is 2.81. The van der Waals surface area contributed by atoms with Gasteiger partial charge < -0.3 is 10.3 Å². The molecule has 7 nitrogen and oxygen atoms in total. The second-order valence-corrected chi connectivity index (χ2v) is 4.69. The maximum atomic E-state index is 12.0. The molecule has 2 aromatic heterocycles. The van der Waals surface area contributed by atoms with Crippen molar-refractivity contribution in [1.82, 2.24) is 14.7 Å². The summed E-state index contributed by atoms with van der Waals surface area (Å²) in [6, 6.07) is -0.241. The molecule has 1 aliphatic rings. The minimum Gasteiger partial charge on any atom is -0.337 e. The van der Waals surface area contributed by atoms with Gasteiger partial charge in [0.25, 0.3) is 5.56 Å². The summed E-state index contributed by atoms with van der Waals surface area (Å²) in [5.41, 5.74) is 5.32. The minimum atomic E-state index is -0.480. The van der Waals surface area contributed by atoms with E-state index in [0.717, 1.165) is 25.7 Å². The van der Waals surface area contributed by atoms with Crippen molar-refractivity contribution < 1.29 is 4.52 Å².